The third-order valence-corrected chi connectivity index (χ3v) is 9.98. The number of carbonyl (C=O) groups excluding carboxylic acids is 2. The van der Waals surface area contributed by atoms with Gasteiger partial charge >= 0.3 is 0 Å². The third kappa shape index (κ3) is 2.66. The predicted molar refractivity (Wildman–Crippen MR) is 164 cm³/mol. The van der Waals surface area contributed by atoms with Crippen molar-refractivity contribution in [3.8, 4) is 33.8 Å². The van der Waals surface area contributed by atoms with Gasteiger partial charge in [-0.25, -0.2) is 0 Å². The van der Waals surface area contributed by atoms with Crippen molar-refractivity contribution in [2.24, 2.45) is 0 Å². The number of ether oxygens (including phenoxy) is 2. The zero-order valence-electron chi connectivity index (χ0n) is 23.1. The Bertz CT molecular complexity index is 2150. The van der Waals surface area contributed by atoms with Crippen molar-refractivity contribution < 1.29 is 29.3 Å². The molecule has 2 N–H and O–H groups in total. The van der Waals surface area contributed by atoms with E-state index in [0.717, 1.165) is 21.9 Å². The number of hydrogen-bond acceptors (Lipinski definition) is 6. The highest BCUT2D eigenvalue weighted by Gasteiger charge is 2.70. The average Bonchev–Trinajstić information content (AvgIpc) is 3.06. The summed E-state index contributed by atoms with van der Waals surface area (Å²) in [6.07, 6.45) is 0. The van der Waals surface area contributed by atoms with Crippen LogP contribution in [0.4, 0.5) is 0 Å². The van der Waals surface area contributed by atoms with Crippen LogP contribution in [0, 0.1) is 0 Å². The fraction of sp³-hybridized carbons (Fsp3) is 0.105. The second kappa shape index (κ2) is 7.80. The van der Waals surface area contributed by atoms with Gasteiger partial charge in [0.2, 0.25) is 11.6 Å². The smallest absolute Gasteiger partial charge is 0.280 e. The molecule has 0 aromatic heterocycles. The lowest BCUT2D eigenvalue weighted by molar-refractivity contribution is -0.193. The van der Waals surface area contributed by atoms with E-state index in [1.165, 1.54) is 0 Å². The van der Waals surface area contributed by atoms with Crippen molar-refractivity contribution in [3.05, 3.63) is 131 Å². The first kappa shape index (κ1) is 24.2. The van der Waals surface area contributed by atoms with Crippen LogP contribution in [-0.2, 0) is 0 Å². The molecule has 6 aromatic rings. The van der Waals surface area contributed by atoms with Crippen LogP contribution in [0.5, 0.6) is 11.5 Å². The maximum Gasteiger partial charge on any atom is 0.280 e. The van der Waals surface area contributed by atoms with Crippen molar-refractivity contribution in [3.63, 3.8) is 0 Å². The van der Waals surface area contributed by atoms with Gasteiger partial charge in [0.15, 0.2) is 0 Å². The van der Waals surface area contributed by atoms with Crippen molar-refractivity contribution in [1.82, 2.24) is 0 Å². The summed E-state index contributed by atoms with van der Waals surface area (Å²) < 4.78 is 12.8. The standard InChI is InChI=1S/C38H22O6/c39-35-29-23(19-7-3-1-4-8-19)15-11-21-13-17-25-31(27(21)29)33-34-32-26(43-37(33,35)41)18-14-22-12-16-24(20-9-5-2-6-10-20)30(28(22)32)36(40)38(34,42)44-25/h1-18,33-34,41-42H. The van der Waals surface area contributed by atoms with Gasteiger partial charge in [-0.2, -0.15) is 0 Å². The monoisotopic (exact) mass is 574 g/mol. The van der Waals surface area contributed by atoms with Crippen molar-refractivity contribution in [1.29, 1.82) is 0 Å². The molecule has 4 unspecified atom stereocenters. The van der Waals surface area contributed by atoms with E-state index in [4.69, 9.17) is 9.47 Å². The van der Waals surface area contributed by atoms with Crippen LogP contribution in [-0.4, -0.2) is 33.4 Å². The zero-order chi connectivity index (χ0) is 29.5. The van der Waals surface area contributed by atoms with Gasteiger partial charge in [0.25, 0.3) is 11.6 Å². The van der Waals surface area contributed by atoms with E-state index >= 15 is 0 Å². The zero-order valence-corrected chi connectivity index (χ0v) is 23.1. The Kier molecular flexibility index (Phi) is 4.28. The van der Waals surface area contributed by atoms with Crippen LogP contribution in [0.3, 0.4) is 0 Å². The van der Waals surface area contributed by atoms with Crippen molar-refractivity contribution >= 4 is 33.1 Å². The summed E-state index contributed by atoms with van der Waals surface area (Å²) in [5.74, 6) is -7.70. The van der Waals surface area contributed by atoms with Gasteiger partial charge in [0, 0.05) is 33.0 Å². The topological polar surface area (TPSA) is 93.1 Å². The Balaban J connectivity index is 1.35. The van der Waals surface area contributed by atoms with E-state index in [9.17, 15) is 19.8 Å². The molecule has 4 atom stereocenters. The van der Waals surface area contributed by atoms with Gasteiger partial charge in [0.1, 0.15) is 11.5 Å². The predicted octanol–water partition coefficient (Wildman–Crippen LogP) is 6.75. The molecule has 0 saturated carbocycles. The molecule has 0 fully saturated rings. The van der Waals surface area contributed by atoms with E-state index < -0.39 is 35.0 Å². The highest BCUT2D eigenvalue weighted by Crippen LogP contribution is 2.66. The molecule has 2 aliphatic carbocycles. The maximum absolute atomic E-state index is 14.7. The van der Waals surface area contributed by atoms with Crippen LogP contribution in [0.2, 0.25) is 0 Å². The molecule has 6 aromatic carbocycles. The lowest BCUT2D eigenvalue weighted by Crippen LogP contribution is -2.65. The quantitative estimate of drug-likeness (QED) is 0.238. The van der Waals surface area contributed by atoms with Crippen LogP contribution in [0.15, 0.2) is 109 Å². The number of ketones is 2. The summed E-state index contributed by atoms with van der Waals surface area (Å²) in [6, 6.07) is 33.8. The third-order valence-electron chi connectivity index (χ3n) is 9.98. The van der Waals surface area contributed by atoms with E-state index in [2.05, 4.69) is 0 Å². The summed E-state index contributed by atoms with van der Waals surface area (Å²) in [7, 11) is 0. The highest BCUT2D eigenvalue weighted by atomic mass is 16.6. The molecule has 0 radical (unpaired) electrons. The van der Waals surface area contributed by atoms with Gasteiger partial charge in [-0.15, -0.1) is 0 Å². The largest absolute Gasteiger partial charge is 0.454 e. The summed E-state index contributed by atoms with van der Waals surface area (Å²) in [4.78, 5) is 29.3. The second-order valence-electron chi connectivity index (χ2n) is 12.1. The SMILES string of the molecule is O=C1c2c(-c3ccccc3)ccc3ccc4c(c23)C2C3c5c(ccc6ccc(-c7ccccc7)c(c56)C(=O)C3(O)O4)OC12O. The van der Waals surface area contributed by atoms with E-state index in [1.54, 1.807) is 12.1 Å². The minimum Gasteiger partial charge on any atom is -0.454 e. The fourth-order valence-electron chi connectivity index (χ4n) is 8.21. The van der Waals surface area contributed by atoms with Gasteiger partial charge in [-0.1, -0.05) is 97.1 Å². The number of hydrogen-bond donors (Lipinski definition) is 2. The Hall–Kier alpha value is -5.30. The molecule has 6 heteroatoms. The van der Waals surface area contributed by atoms with Crippen LogP contribution in [0.25, 0.3) is 43.8 Å². The minimum absolute atomic E-state index is 0.242. The lowest BCUT2D eigenvalue weighted by atomic mass is 9.59. The first-order valence-corrected chi connectivity index (χ1v) is 14.6. The molecule has 0 amide bonds. The first-order chi connectivity index (χ1) is 21.4. The molecule has 0 bridgehead atoms. The van der Waals surface area contributed by atoms with Gasteiger partial charge in [-0.3, -0.25) is 9.59 Å². The second-order valence-corrected chi connectivity index (χ2v) is 12.1. The molecule has 4 aliphatic rings. The summed E-state index contributed by atoms with van der Waals surface area (Å²) in [5, 5.41) is 27.9. The highest BCUT2D eigenvalue weighted by molar-refractivity contribution is 6.23. The summed E-state index contributed by atoms with van der Waals surface area (Å²) >= 11 is 0. The summed E-state index contributed by atoms with van der Waals surface area (Å²) in [5.41, 5.74) is 4.74. The molecule has 10 rings (SSSR count). The van der Waals surface area contributed by atoms with Gasteiger partial charge in [0.05, 0.1) is 11.8 Å². The Morgan fingerprint density at radius 3 is 1.30 bits per heavy atom. The molecule has 44 heavy (non-hydrogen) atoms. The van der Waals surface area contributed by atoms with Crippen LogP contribution < -0.4 is 9.47 Å². The molecule has 0 spiro atoms. The summed E-state index contributed by atoms with van der Waals surface area (Å²) in [6.45, 7) is 0. The maximum atomic E-state index is 14.7. The van der Waals surface area contributed by atoms with Crippen molar-refractivity contribution in [2.45, 2.75) is 23.4 Å². The van der Waals surface area contributed by atoms with E-state index in [1.807, 2.05) is 97.1 Å². The number of carbonyl (C=O) groups is 2. The Morgan fingerprint density at radius 1 is 0.500 bits per heavy atom. The number of aliphatic hydroxyl groups is 2. The Labute approximate surface area is 250 Å². The molecular weight excluding hydrogens is 552 g/mol. The van der Waals surface area contributed by atoms with Gasteiger partial charge in [-0.05, 0) is 45.2 Å². The number of rotatable bonds is 2. The number of Topliss-reactive ketones (excluding diaryl/α,β-unsaturated/α-hetero) is 2. The Morgan fingerprint density at radius 2 is 0.886 bits per heavy atom. The van der Waals surface area contributed by atoms with E-state index in [0.29, 0.717) is 44.2 Å². The first-order valence-electron chi connectivity index (χ1n) is 14.6. The van der Waals surface area contributed by atoms with Crippen molar-refractivity contribution in [2.75, 3.05) is 0 Å². The van der Waals surface area contributed by atoms with Crippen LogP contribution in [0.1, 0.15) is 43.7 Å². The normalized spacial score (nSPS) is 25.2. The number of benzene rings is 6. The molecule has 6 nitrogen and oxygen atoms in total. The molecule has 2 heterocycles. The van der Waals surface area contributed by atoms with Gasteiger partial charge < -0.3 is 19.7 Å². The fourth-order valence-corrected chi connectivity index (χ4v) is 8.21. The van der Waals surface area contributed by atoms with E-state index in [-0.39, 0.29) is 11.5 Å². The molecule has 210 valence electrons. The molecular formula is C38H22O6. The van der Waals surface area contributed by atoms with Crippen LogP contribution >= 0.6 is 0 Å². The molecule has 2 aliphatic heterocycles. The average molecular weight is 575 g/mol. The molecule has 0 saturated heterocycles. The lowest BCUT2D eigenvalue weighted by Gasteiger charge is -2.55. The minimum atomic E-state index is -2.39.